The Bertz CT molecular complexity index is 614. The second kappa shape index (κ2) is 6.78. The summed E-state index contributed by atoms with van der Waals surface area (Å²) < 4.78 is 23.2. The zero-order chi connectivity index (χ0) is 15.4. The van der Waals surface area contributed by atoms with E-state index in [9.17, 15) is 9.50 Å². The summed E-state index contributed by atoms with van der Waals surface area (Å²) in [7, 11) is 3.03. The van der Waals surface area contributed by atoms with E-state index in [0.29, 0.717) is 28.5 Å². The predicted octanol–water partition coefficient (Wildman–Crippen LogP) is 3.77. The molecule has 1 N–H and O–H groups in total. The quantitative estimate of drug-likeness (QED) is 0.913. The minimum absolute atomic E-state index is 0.308. The molecule has 2 rings (SSSR count). The first-order valence-electron chi connectivity index (χ1n) is 6.39. The molecule has 0 aliphatic rings. The van der Waals surface area contributed by atoms with Crippen LogP contribution in [-0.4, -0.2) is 19.3 Å². The first-order chi connectivity index (χ1) is 10.0. The lowest BCUT2D eigenvalue weighted by atomic mass is 10.0. The Hall–Kier alpha value is -1.78. The zero-order valence-corrected chi connectivity index (χ0v) is 12.5. The topological polar surface area (TPSA) is 38.7 Å². The number of hydrogen-bond donors (Lipinski definition) is 1. The highest BCUT2D eigenvalue weighted by Crippen LogP contribution is 2.36. The molecule has 1 unspecified atom stereocenters. The number of rotatable bonds is 5. The number of aliphatic hydroxyl groups excluding tert-OH is 1. The minimum Gasteiger partial charge on any atom is -0.493 e. The summed E-state index contributed by atoms with van der Waals surface area (Å²) in [4.78, 5) is 0. The van der Waals surface area contributed by atoms with E-state index in [4.69, 9.17) is 21.1 Å². The van der Waals surface area contributed by atoms with Crippen LogP contribution in [0.15, 0.2) is 36.4 Å². The van der Waals surface area contributed by atoms with Gasteiger partial charge in [-0.3, -0.25) is 0 Å². The molecule has 0 aliphatic carbocycles. The molecule has 2 aromatic carbocycles. The van der Waals surface area contributed by atoms with Crippen LogP contribution in [0.5, 0.6) is 11.5 Å². The number of hydrogen-bond acceptors (Lipinski definition) is 3. The van der Waals surface area contributed by atoms with E-state index in [0.717, 1.165) is 5.56 Å². The van der Waals surface area contributed by atoms with Gasteiger partial charge in [-0.05, 0) is 23.8 Å². The fourth-order valence-electron chi connectivity index (χ4n) is 2.08. The standard InChI is InChI=1S/C16H16ClFO3/c1-20-15-8-12(13(17)9-16(15)21-2)14(19)7-10-3-5-11(18)6-4-10/h3-6,8-9,14,19H,7H2,1-2H3. The van der Waals surface area contributed by atoms with Gasteiger partial charge in [-0.15, -0.1) is 0 Å². The molecule has 0 bridgehead atoms. The Balaban J connectivity index is 2.26. The van der Waals surface area contributed by atoms with Crippen LogP contribution in [-0.2, 0) is 6.42 Å². The average Bonchev–Trinajstić information content (AvgIpc) is 2.49. The summed E-state index contributed by atoms with van der Waals surface area (Å²) in [6.45, 7) is 0. The van der Waals surface area contributed by atoms with Crippen molar-refractivity contribution < 1.29 is 19.0 Å². The summed E-state index contributed by atoms with van der Waals surface area (Å²) in [6, 6.07) is 9.23. The monoisotopic (exact) mass is 310 g/mol. The van der Waals surface area contributed by atoms with Gasteiger partial charge in [0.2, 0.25) is 0 Å². The number of methoxy groups -OCH3 is 2. The van der Waals surface area contributed by atoms with Gasteiger partial charge in [-0.1, -0.05) is 23.7 Å². The number of aliphatic hydroxyl groups is 1. The van der Waals surface area contributed by atoms with E-state index in [1.807, 2.05) is 0 Å². The first-order valence-corrected chi connectivity index (χ1v) is 6.77. The van der Waals surface area contributed by atoms with E-state index in [2.05, 4.69) is 0 Å². The van der Waals surface area contributed by atoms with E-state index in [1.54, 1.807) is 24.3 Å². The van der Waals surface area contributed by atoms with Crippen LogP contribution < -0.4 is 9.47 Å². The van der Waals surface area contributed by atoms with Crippen molar-refractivity contribution in [2.24, 2.45) is 0 Å². The van der Waals surface area contributed by atoms with Crippen LogP contribution in [0.2, 0.25) is 5.02 Å². The molecule has 0 saturated heterocycles. The van der Waals surface area contributed by atoms with Gasteiger partial charge in [0, 0.05) is 18.1 Å². The average molecular weight is 311 g/mol. The van der Waals surface area contributed by atoms with Gasteiger partial charge in [-0.2, -0.15) is 0 Å². The molecule has 1 atom stereocenters. The Morgan fingerprint density at radius 3 is 2.24 bits per heavy atom. The SMILES string of the molecule is COc1cc(Cl)c(C(O)Cc2ccc(F)cc2)cc1OC. The molecule has 0 aromatic heterocycles. The maximum Gasteiger partial charge on any atom is 0.162 e. The molecule has 0 fully saturated rings. The van der Waals surface area contributed by atoms with E-state index in [-0.39, 0.29) is 5.82 Å². The van der Waals surface area contributed by atoms with Crippen LogP contribution in [0.1, 0.15) is 17.2 Å². The molecule has 0 radical (unpaired) electrons. The number of ether oxygens (including phenoxy) is 2. The minimum atomic E-state index is -0.817. The van der Waals surface area contributed by atoms with Crippen molar-refractivity contribution in [3.63, 3.8) is 0 Å². The second-order valence-electron chi connectivity index (χ2n) is 4.58. The van der Waals surface area contributed by atoms with Gasteiger partial charge in [0.05, 0.1) is 25.3 Å². The van der Waals surface area contributed by atoms with Crippen molar-refractivity contribution in [2.75, 3.05) is 14.2 Å². The van der Waals surface area contributed by atoms with Crippen LogP contribution >= 0.6 is 11.6 Å². The van der Waals surface area contributed by atoms with Crippen LogP contribution in [0.3, 0.4) is 0 Å². The maximum absolute atomic E-state index is 12.9. The molecular formula is C16H16ClFO3. The highest BCUT2D eigenvalue weighted by atomic mass is 35.5. The molecule has 0 aliphatic heterocycles. The molecule has 0 saturated carbocycles. The van der Waals surface area contributed by atoms with Gasteiger partial charge in [0.25, 0.3) is 0 Å². The van der Waals surface area contributed by atoms with Gasteiger partial charge < -0.3 is 14.6 Å². The summed E-state index contributed by atoms with van der Waals surface area (Å²) in [5.74, 6) is 0.688. The molecule has 3 nitrogen and oxygen atoms in total. The van der Waals surface area contributed by atoms with Gasteiger partial charge >= 0.3 is 0 Å². The molecule has 0 amide bonds. The lowest BCUT2D eigenvalue weighted by molar-refractivity contribution is 0.178. The number of benzene rings is 2. The van der Waals surface area contributed by atoms with Gasteiger partial charge in [-0.25, -0.2) is 4.39 Å². The summed E-state index contributed by atoms with van der Waals surface area (Å²) in [5.41, 5.74) is 1.35. The van der Waals surface area contributed by atoms with Gasteiger partial charge in [0.1, 0.15) is 5.82 Å². The van der Waals surface area contributed by atoms with E-state index in [1.165, 1.54) is 26.4 Å². The Morgan fingerprint density at radius 2 is 1.67 bits per heavy atom. The zero-order valence-electron chi connectivity index (χ0n) is 11.8. The summed E-state index contributed by atoms with van der Waals surface area (Å²) in [6.07, 6.45) is -0.488. The van der Waals surface area contributed by atoms with Crippen molar-refractivity contribution in [1.29, 1.82) is 0 Å². The molecular weight excluding hydrogens is 295 g/mol. The van der Waals surface area contributed by atoms with Crippen molar-refractivity contribution >= 4 is 11.6 Å². The normalized spacial score (nSPS) is 12.0. The van der Waals surface area contributed by atoms with Crippen LogP contribution in [0, 0.1) is 5.82 Å². The molecule has 0 spiro atoms. The fraction of sp³-hybridized carbons (Fsp3) is 0.250. The second-order valence-corrected chi connectivity index (χ2v) is 4.98. The third-order valence-electron chi connectivity index (χ3n) is 3.20. The third kappa shape index (κ3) is 3.65. The van der Waals surface area contributed by atoms with E-state index < -0.39 is 6.10 Å². The lowest BCUT2D eigenvalue weighted by Crippen LogP contribution is -2.04. The largest absolute Gasteiger partial charge is 0.493 e. The molecule has 5 heteroatoms. The van der Waals surface area contributed by atoms with Crippen LogP contribution in [0.4, 0.5) is 4.39 Å². The lowest BCUT2D eigenvalue weighted by Gasteiger charge is -2.16. The molecule has 21 heavy (non-hydrogen) atoms. The summed E-state index contributed by atoms with van der Waals surface area (Å²) >= 11 is 6.17. The molecule has 112 valence electrons. The highest BCUT2D eigenvalue weighted by molar-refractivity contribution is 6.31. The van der Waals surface area contributed by atoms with E-state index >= 15 is 0 Å². The van der Waals surface area contributed by atoms with Crippen molar-refractivity contribution in [1.82, 2.24) is 0 Å². The summed E-state index contributed by atoms with van der Waals surface area (Å²) in [5, 5.41) is 10.7. The Kier molecular flexibility index (Phi) is 5.04. The molecule has 0 heterocycles. The third-order valence-corrected chi connectivity index (χ3v) is 3.53. The highest BCUT2D eigenvalue weighted by Gasteiger charge is 2.17. The number of halogens is 2. The van der Waals surface area contributed by atoms with Crippen molar-refractivity contribution in [3.05, 3.63) is 58.4 Å². The van der Waals surface area contributed by atoms with Gasteiger partial charge in [0.15, 0.2) is 11.5 Å². The van der Waals surface area contributed by atoms with Crippen molar-refractivity contribution in [3.8, 4) is 11.5 Å². The van der Waals surface area contributed by atoms with Crippen LogP contribution in [0.25, 0.3) is 0 Å². The Morgan fingerprint density at radius 1 is 1.10 bits per heavy atom. The smallest absolute Gasteiger partial charge is 0.162 e. The maximum atomic E-state index is 12.9. The Labute approximate surface area is 127 Å². The van der Waals surface area contributed by atoms with Crippen molar-refractivity contribution in [2.45, 2.75) is 12.5 Å². The predicted molar refractivity (Wildman–Crippen MR) is 79.6 cm³/mol. The molecule has 2 aromatic rings. The fourth-order valence-corrected chi connectivity index (χ4v) is 2.36. The first kappa shape index (κ1) is 15.6.